The second-order valence-electron chi connectivity index (χ2n) is 10.4. The number of ketones is 1. The fourth-order valence-corrected chi connectivity index (χ4v) is 5.07. The van der Waals surface area contributed by atoms with Gasteiger partial charge in [-0.3, -0.25) is 19.3 Å². The third-order valence-corrected chi connectivity index (χ3v) is 7.50. The van der Waals surface area contributed by atoms with Crippen molar-refractivity contribution in [1.82, 2.24) is 34.3 Å². The summed E-state index contributed by atoms with van der Waals surface area (Å²) in [5.41, 5.74) is 9.73. The summed E-state index contributed by atoms with van der Waals surface area (Å²) in [6.45, 7) is 2.95. The van der Waals surface area contributed by atoms with E-state index >= 15 is 0 Å². The van der Waals surface area contributed by atoms with Crippen LogP contribution in [0.5, 0.6) is 0 Å². The van der Waals surface area contributed by atoms with Crippen molar-refractivity contribution in [1.29, 1.82) is 0 Å². The van der Waals surface area contributed by atoms with Gasteiger partial charge in [-0.25, -0.2) is 4.98 Å². The predicted molar refractivity (Wildman–Crippen MR) is 144 cm³/mol. The van der Waals surface area contributed by atoms with Crippen molar-refractivity contribution in [2.45, 2.75) is 32.6 Å². The van der Waals surface area contributed by atoms with E-state index < -0.39 is 18.6 Å². The number of hydrogen-bond acceptors (Lipinski definition) is 9. The molecule has 39 heavy (non-hydrogen) atoms. The molecule has 4 aromatic rings. The van der Waals surface area contributed by atoms with E-state index in [-0.39, 0.29) is 23.4 Å². The number of nitrogens with two attached hydrogens (primary N) is 1. The number of amides is 1. The maximum Gasteiger partial charge on any atom is 0.233 e. The van der Waals surface area contributed by atoms with E-state index in [1.807, 2.05) is 31.4 Å². The van der Waals surface area contributed by atoms with E-state index in [4.69, 9.17) is 10.7 Å². The Morgan fingerprint density at radius 3 is 2.38 bits per heavy atom. The maximum atomic E-state index is 12.9. The van der Waals surface area contributed by atoms with Gasteiger partial charge < -0.3 is 20.8 Å². The molecular formula is C27H32N8O4. The molecule has 0 saturated carbocycles. The van der Waals surface area contributed by atoms with Gasteiger partial charge in [-0.15, -0.1) is 0 Å². The highest BCUT2D eigenvalue weighted by Gasteiger charge is 2.38. The fraction of sp³-hybridized carbons (Fsp3) is 0.407. The SMILES string of the molecule is CC(=O)c1c(C2CCN(C(=O)C(C)(CO)CO)CC2)nc2c(-c3ccc(-c4ccn(C)n4)nc3)cnn2c1N. The fourth-order valence-electron chi connectivity index (χ4n) is 5.07. The van der Waals surface area contributed by atoms with Crippen molar-refractivity contribution in [3.05, 3.63) is 48.0 Å². The molecule has 5 rings (SSSR count). The van der Waals surface area contributed by atoms with Gasteiger partial charge in [0, 0.05) is 49.6 Å². The van der Waals surface area contributed by atoms with Crippen molar-refractivity contribution >= 4 is 23.2 Å². The third kappa shape index (κ3) is 4.66. The molecule has 1 aliphatic heterocycles. The number of hydrogen-bond donors (Lipinski definition) is 3. The van der Waals surface area contributed by atoms with Crippen molar-refractivity contribution in [2.75, 3.05) is 32.0 Å². The van der Waals surface area contributed by atoms with Crippen molar-refractivity contribution in [2.24, 2.45) is 12.5 Å². The van der Waals surface area contributed by atoms with Gasteiger partial charge in [-0.1, -0.05) is 6.07 Å². The van der Waals surface area contributed by atoms with Crippen LogP contribution in [0, 0.1) is 5.41 Å². The highest BCUT2D eigenvalue weighted by Crippen LogP contribution is 2.35. The average Bonchev–Trinajstić information content (AvgIpc) is 3.58. The molecule has 0 spiro atoms. The second kappa shape index (κ2) is 10.2. The number of nitrogens with zero attached hydrogens (tertiary/aromatic N) is 7. The van der Waals surface area contributed by atoms with Crippen LogP contribution in [0.25, 0.3) is 28.2 Å². The summed E-state index contributed by atoms with van der Waals surface area (Å²) in [7, 11) is 1.85. The number of anilines is 1. The van der Waals surface area contributed by atoms with Crippen LogP contribution < -0.4 is 5.73 Å². The van der Waals surface area contributed by atoms with Crippen LogP contribution in [0.4, 0.5) is 5.82 Å². The number of aliphatic hydroxyl groups is 2. The van der Waals surface area contributed by atoms with Gasteiger partial charge in [-0.05, 0) is 38.8 Å². The minimum atomic E-state index is -1.23. The predicted octanol–water partition coefficient (Wildman–Crippen LogP) is 1.67. The van der Waals surface area contributed by atoms with Gasteiger partial charge >= 0.3 is 0 Å². The summed E-state index contributed by atoms with van der Waals surface area (Å²) in [5, 5.41) is 28.1. The molecule has 204 valence electrons. The van der Waals surface area contributed by atoms with Crippen LogP contribution in [-0.4, -0.2) is 82.5 Å². The van der Waals surface area contributed by atoms with E-state index in [2.05, 4.69) is 15.2 Å². The van der Waals surface area contributed by atoms with Gasteiger partial charge in [-0.2, -0.15) is 14.7 Å². The Bertz CT molecular complexity index is 1530. The highest BCUT2D eigenvalue weighted by molar-refractivity contribution is 6.00. The quantitative estimate of drug-likeness (QED) is 0.300. The van der Waals surface area contributed by atoms with Gasteiger partial charge in [0.2, 0.25) is 5.91 Å². The van der Waals surface area contributed by atoms with Gasteiger partial charge in [0.1, 0.15) is 11.5 Å². The zero-order chi connectivity index (χ0) is 27.9. The molecule has 1 fully saturated rings. The van der Waals surface area contributed by atoms with Gasteiger partial charge in [0.25, 0.3) is 0 Å². The molecule has 12 heteroatoms. The monoisotopic (exact) mass is 532 g/mol. The summed E-state index contributed by atoms with van der Waals surface area (Å²) in [6, 6.07) is 5.70. The molecule has 1 saturated heterocycles. The van der Waals surface area contributed by atoms with Crippen LogP contribution >= 0.6 is 0 Å². The first-order chi connectivity index (χ1) is 18.7. The minimum Gasteiger partial charge on any atom is -0.395 e. The molecule has 4 aromatic heterocycles. The van der Waals surface area contributed by atoms with Crippen molar-refractivity contribution in [3.63, 3.8) is 0 Å². The number of aliphatic hydroxyl groups excluding tert-OH is 2. The number of likely N-dealkylation sites (tertiary alicyclic amines) is 1. The van der Waals surface area contributed by atoms with E-state index in [0.717, 1.165) is 22.5 Å². The lowest BCUT2D eigenvalue weighted by Gasteiger charge is -2.37. The molecular weight excluding hydrogens is 500 g/mol. The molecule has 0 unspecified atom stereocenters. The first-order valence-corrected chi connectivity index (χ1v) is 12.8. The van der Waals surface area contributed by atoms with E-state index in [1.54, 1.807) is 28.9 Å². The van der Waals surface area contributed by atoms with E-state index in [9.17, 15) is 19.8 Å². The molecule has 1 amide bonds. The summed E-state index contributed by atoms with van der Waals surface area (Å²) in [5.74, 6) is -0.386. The normalized spacial score (nSPS) is 14.7. The highest BCUT2D eigenvalue weighted by atomic mass is 16.3. The largest absolute Gasteiger partial charge is 0.395 e. The molecule has 0 bridgehead atoms. The number of pyridine rings is 1. The van der Waals surface area contributed by atoms with E-state index in [0.29, 0.717) is 42.8 Å². The molecule has 5 heterocycles. The number of carbonyl (C=O) groups excluding carboxylic acids is 2. The summed E-state index contributed by atoms with van der Waals surface area (Å²) in [4.78, 5) is 36.8. The number of aryl methyl sites for hydroxylation is 1. The Morgan fingerprint density at radius 2 is 1.82 bits per heavy atom. The Morgan fingerprint density at radius 1 is 1.10 bits per heavy atom. The molecule has 0 aliphatic carbocycles. The smallest absolute Gasteiger partial charge is 0.233 e. The molecule has 12 nitrogen and oxygen atoms in total. The Labute approximate surface area is 225 Å². The van der Waals surface area contributed by atoms with Crippen LogP contribution in [-0.2, 0) is 11.8 Å². The maximum absolute atomic E-state index is 12.9. The molecule has 4 N–H and O–H groups in total. The first kappa shape index (κ1) is 26.4. The number of Topliss-reactive ketones (excluding diaryl/α,β-unsaturated/α-hetero) is 1. The molecule has 0 aromatic carbocycles. The Balaban J connectivity index is 1.48. The first-order valence-electron chi connectivity index (χ1n) is 12.8. The van der Waals surface area contributed by atoms with Crippen LogP contribution in [0.2, 0.25) is 0 Å². The lowest BCUT2D eigenvalue weighted by Crippen LogP contribution is -2.49. The zero-order valence-electron chi connectivity index (χ0n) is 22.2. The van der Waals surface area contributed by atoms with Crippen LogP contribution in [0.3, 0.4) is 0 Å². The Kier molecular flexibility index (Phi) is 6.91. The summed E-state index contributed by atoms with van der Waals surface area (Å²) >= 11 is 0. The summed E-state index contributed by atoms with van der Waals surface area (Å²) in [6.07, 6.45) is 6.38. The molecule has 0 atom stereocenters. The topological polar surface area (TPSA) is 165 Å². The number of aromatic nitrogens is 6. The number of nitrogen functional groups attached to an aromatic ring is 1. The second-order valence-corrected chi connectivity index (χ2v) is 10.4. The standard InChI is InChI=1S/C27H32N8O4/c1-16(38)22-23(17-6-10-34(11-7-17)26(39)27(2,14-36)15-37)31-25-19(13-30-35(25)24(22)28)18-4-5-20(29-12-18)21-8-9-33(3)32-21/h4-5,8-9,12-13,17,36-37H,6-7,10-11,14-15,28H2,1-3H3. The summed E-state index contributed by atoms with van der Waals surface area (Å²) < 4.78 is 3.20. The third-order valence-electron chi connectivity index (χ3n) is 7.50. The number of rotatable bonds is 7. The van der Waals surface area contributed by atoms with Crippen molar-refractivity contribution in [3.8, 4) is 22.5 Å². The number of fused-ring (bicyclic) bond motifs is 1. The van der Waals surface area contributed by atoms with Crippen LogP contribution in [0.15, 0.2) is 36.8 Å². The van der Waals surface area contributed by atoms with E-state index in [1.165, 1.54) is 11.4 Å². The minimum absolute atomic E-state index is 0.109. The molecule has 1 aliphatic rings. The average molecular weight is 533 g/mol. The van der Waals surface area contributed by atoms with Crippen molar-refractivity contribution < 1.29 is 19.8 Å². The number of piperidine rings is 1. The molecule has 0 radical (unpaired) electrons. The van der Waals surface area contributed by atoms with Gasteiger partial charge in [0.15, 0.2) is 11.4 Å². The lowest BCUT2D eigenvalue weighted by molar-refractivity contribution is -0.147. The van der Waals surface area contributed by atoms with Crippen LogP contribution in [0.1, 0.15) is 48.7 Å². The lowest BCUT2D eigenvalue weighted by atomic mass is 9.86. The van der Waals surface area contributed by atoms with Gasteiger partial charge in [0.05, 0.1) is 41.8 Å². The Hall–Kier alpha value is -4.16. The zero-order valence-corrected chi connectivity index (χ0v) is 22.2. The number of carbonyl (C=O) groups is 2.